The summed E-state index contributed by atoms with van der Waals surface area (Å²) in [6.07, 6.45) is 7.46. The number of aromatic nitrogens is 2. The number of hydrogen-bond donors (Lipinski definition) is 1. The second-order valence-corrected chi connectivity index (χ2v) is 4.14. The molecule has 1 aliphatic rings. The maximum atomic E-state index is 10.8. The number of methoxy groups -OCH3 is 1. The average Bonchev–Trinajstić information content (AvgIpc) is 2.78. The van der Waals surface area contributed by atoms with Gasteiger partial charge in [0.05, 0.1) is 23.9 Å². The molecule has 5 nitrogen and oxygen atoms in total. The van der Waals surface area contributed by atoms with Gasteiger partial charge in [0.2, 0.25) is 0 Å². The van der Waals surface area contributed by atoms with Crippen molar-refractivity contribution in [2.75, 3.05) is 7.11 Å². The van der Waals surface area contributed by atoms with Crippen LogP contribution in [0.2, 0.25) is 0 Å². The molecule has 1 aromatic rings. The summed E-state index contributed by atoms with van der Waals surface area (Å²) in [5.41, 5.74) is 0.237. The standard InChI is InChI=1S/C11H16N2O3/c1-16-10-5-3-2-4-9(10)13-7-8(6-12-13)11(14)15/h6-7,9-10H,2-5H2,1H3,(H,14,15)/t9-,10-/m1/s1. The van der Waals surface area contributed by atoms with Gasteiger partial charge in [-0.25, -0.2) is 4.79 Å². The van der Waals surface area contributed by atoms with E-state index in [0.717, 1.165) is 19.3 Å². The summed E-state index contributed by atoms with van der Waals surface area (Å²) >= 11 is 0. The minimum absolute atomic E-state index is 0.148. The predicted octanol–water partition coefficient (Wildman–Crippen LogP) is 1.71. The van der Waals surface area contributed by atoms with Crippen molar-refractivity contribution in [2.45, 2.75) is 37.8 Å². The second kappa shape index (κ2) is 4.65. The molecule has 0 bridgehead atoms. The number of carbonyl (C=O) groups is 1. The first-order valence-corrected chi connectivity index (χ1v) is 5.52. The van der Waals surface area contributed by atoms with Gasteiger partial charge in [0.1, 0.15) is 0 Å². The highest BCUT2D eigenvalue weighted by atomic mass is 16.5. The van der Waals surface area contributed by atoms with Gasteiger partial charge in [-0.2, -0.15) is 5.10 Å². The SMILES string of the molecule is CO[C@@H]1CCCC[C@H]1n1cc(C(=O)O)cn1. The minimum Gasteiger partial charge on any atom is -0.478 e. The Bertz CT molecular complexity index is 375. The van der Waals surface area contributed by atoms with E-state index in [9.17, 15) is 4.79 Å². The molecular formula is C11H16N2O3. The van der Waals surface area contributed by atoms with Gasteiger partial charge >= 0.3 is 5.97 Å². The van der Waals surface area contributed by atoms with Crippen molar-refractivity contribution < 1.29 is 14.6 Å². The molecule has 1 heterocycles. The number of ether oxygens (including phenoxy) is 1. The maximum Gasteiger partial charge on any atom is 0.338 e. The van der Waals surface area contributed by atoms with Crippen LogP contribution in [-0.4, -0.2) is 34.1 Å². The predicted molar refractivity (Wildman–Crippen MR) is 57.5 cm³/mol. The van der Waals surface area contributed by atoms with Crippen LogP contribution in [0.25, 0.3) is 0 Å². The van der Waals surface area contributed by atoms with Crippen molar-refractivity contribution in [3.63, 3.8) is 0 Å². The van der Waals surface area contributed by atoms with Gasteiger partial charge in [-0.3, -0.25) is 4.68 Å². The van der Waals surface area contributed by atoms with Crippen molar-refractivity contribution >= 4 is 5.97 Å². The Morgan fingerprint density at radius 2 is 2.31 bits per heavy atom. The summed E-state index contributed by atoms with van der Waals surface area (Å²) in [6, 6.07) is 0.173. The molecule has 88 valence electrons. The fraction of sp³-hybridized carbons (Fsp3) is 0.636. The summed E-state index contributed by atoms with van der Waals surface area (Å²) in [4.78, 5) is 10.8. The van der Waals surface area contributed by atoms with Gasteiger partial charge < -0.3 is 9.84 Å². The average molecular weight is 224 g/mol. The smallest absolute Gasteiger partial charge is 0.338 e. The zero-order chi connectivity index (χ0) is 11.5. The van der Waals surface area contributed by atoms with Crippen LogP contribution in [0.15, 0.2) is 12.4 Å². The molecule has 0 aromatic carbocycles. The molecule has 0 spiro atoms. The van der Waals surface area contributed by atoms with E-state index >= 15 is 0 Å². The lowest BCUT2D eigenvalue weighted by Gasteiger charge is -2.30. The first-order valence-electron chi connectivity index (χ1n) is 5.52. The monoisotopic (exact) mass is 224 g/mol. The Morgan fingerprint density at radius 1 is 1.56 bits per heavy atom. The molecule has 0 radical (unpaired) electrons. The summed E-state index contributed by atoms with van der Waals surface area (Å²) in [6.45, 7) is 0. The molecule has 0 amide bonds. The third-order valence-corrected chi connectivity index (χ3v) is 3.16. The summed E-state index contributed by atoms with van der Waals surface area (Å²) in [5, 5.41) is 13.0. The number of carboxylic acids is 1. The van der Waals surface area contributed by atoms with E-state index in [-0.39, 0.29) is 17.7 Å². The molecule has 5 heteroatoms. The lowest BCUT2D eigenvalue weighted by Crippen LogP contribution is -2.29. The maximum absolute atomic E-state index is 10.8. The Hall–Kier alpha value is -1.36. The third-order valence-electron chi connectivity index (χ3n) is 3.16. The first kappa shape index (κ1) is 11.1. The Labute approximate surface area is 94.0 Å². The van der Waals surface area contributed by atoms with Crippen molar-refractivity contribution in [3.8, 4) is 0 Å². The summed E-state index contributed by atoms with van der Waals surface area (Å²) < 4.78 is 7.15. The molecule has 0 saturated heterocycles. The normalized spacial score (nSPS) is 25.6. The van der Waals surface area contributed by atoms with Crippen LogP contribution in [0.4, 0.5) is 0 Å². The summed E-state index contributed by atoms with van der Waals surface area (Å²) in [7, 11) is 1.70. The van der Waals surface area contributed by atoms with Gasteiger partial charge in [-0.1, -0.05) is 12.8 Å². The highest BCUT2D eigenvalue weighted by molar-refractivity contribution is 5.86. The largest absolute Gasteiger partial charge is 0.478 e. The second-order valence-electron chi connectivity index (χ2n) is 4.14. The molecule has 1 aliphatic carbocycles. The van der Waals surface area contributed by atoms with Crippen LogP contribution in [0.1, 0.15) is 42.1 Å². The van der Waals surface area contributed by atoms with E-state index in [1.165, 1.54) is 12.6 Å². The molecule has 1 N–H and O–H groups in total. The van der Waals surface area contributed by atoms with Crippen molar-refractivity contribution in [1.29, 1.82) is 0 Å². The Balaban J connectivity index is 2.17. The fourth-order valence-electron chi connectivity index (χ4n) is 2.28. The van der Waals surface area contributed by atoms with Crippen molar-refractivity contribution in [1.82, 2.24) is 9.78 Å². The summed E-state index contributed by atoms with van der Waals surface area (Å²) in [5.74, 6) is -0.934. The molecule has 1 saturated carbocycles. The molecule has 1 fully saturated rings. The van der Waals surface area contributed by atoms with E-state index in [1.54, 1.807) is 18.0 Å². The number of carboxylic acid groups (broad SMARTS) is 1. The molecule has 16 heavy (non-hydrogen) atoms. The van der Waals surface area contributed by atoms with Crippen LogP contribution >= 0.6 is 0 Å². The van der Waals surface area contributed by atoms with Gasteiger partial charge in [-0.05, 0) is 12.8 Å². The van der Waals surface area contributed by atoms with Crippen molar-refractivity contribution in [2.24, 2.45) is 0 Å². The molecule has 2 rings (SSSR count). The number of hydrogen-bond acceptors (Lipinski definition) is 3. The third kappa shape index (κ3) is 2.09. The van der Waals surface area contributed by atoms with Crippen LogP contribution in [-0.2, 0) is 4.74 Å². The topological polar surface area (TPSA) is 64.3 Å². The molecule has 0 aliphatic heterocycles. The number of aromatic carboxylic acids is 1. The molecular weight excluding hydrogens is 208 g/mol. The zero-order valence-electron chi connectivity index (χ0n) is 9.30. The fourth-order valence-corrected chi connectivity index (χ4v) is 2.28. The first-order chi connectivity index (χ1) is 7.72. The van der Waals surface area contributed by atoms with Gasteiger partial charge in [0, 0.05) is 13.3 Å². The van der Waals surface area contributed by atoms with E-state index in [0.29, 0.717) is 0 Å². The molecule has 2 atom stereocenters. The Morgan fingerprint density at radius 3 is 2.94 bits per heavy atom. The van der Waals surface area contributed by atoms with Gasteiger partial charge in [-0.15, -0.1) is 0 Å². The minimum atomic E-state index is -0.934. The molecule has 0 unspecified atom stereocenters. The van der Waals surface area contributed by atoms with Crippen LogP contribution in [0, 0.1) is 0 Å². The van der Waals surface area contributed by atoms with Crippen LogP contribution in [0.3, 0.4) is 0 Å². The zero-order valence-corrected chi connectivity index (χ0v) is 9.30. The lowest BCUT2D eigenvalue weighted by molar-refractivity contribution is 0.0245. The number of rotatable bonds is 3. The highest BCUT2D eigenvalue weighted by Gasteiger charge is 2.27. The van der Waals surface area contributed by atoms with E-state index in [2.05, 4.69) is 5.10 Å². The van der Waals surface area contributed by atoms with E-state index in [4.69, 9.17) is 9.84 Å². The van der Waals surface area contributed by atoms with Gasteiger partial charge in [0.25, 0.3) is 0 Å². The number of nitrogens with zero attached hydrogens (tertiary/aromatic N) is 2. The van der Waals surface area contributed by atoms with Crippen LogP contribution in [0.5, 0.6) is 0 Å². The van der Waals surface area contributed by atoms with Gasteiger partial charge in [0.15, 0.2) is 0 Å². The lowest BCUT2D eigenvalue weighted by atomic mass is 9.92. The quantitative estimate of drug-likeness (QED) is 0.848. The van der Waals surface area contributed by atoms with Crippen molar-refractivity contribution in [3.05, 3.63) is 18.0 Å². The molecule has 1 aromatic heterocycles. The highest BCUT2D eigenvalue weighted by Crippen LogP contribution is 2.30. The van der Waals surface area contributed by atoms with E-state index < -0.39 is 5.97 Å². The Kier molecular flexibility index (Phi) is 3.24. The van der Waals surface area contributed by atoms with Crippen LogP contribution < -0.4 is 0 Å². The van der Waals surface area contributed by atoms with E-state index in [1.807, 2.05) is 0 Å².